The lowest BCUT2D eigenvalue weighted by Crippen LogP contribution is -2.46. The van der Waals surface area contributed by atoms with E-state index in [4.69, 9.17) is 24.2 Å². The zero-order chi connectivity index (χ0) is 18.4. The Hall–Kier alpha value is -2.92. The molecule has 1 saturated heterocycles. The summed E-state index contributed by atoms with van der Waals surface area (Å²) in [4.78, 5) is 27.9. The number of nitriles is 1. The number of esters is 2. The Morgan fingerprint density at radius 3 is 2.56 bits per heavy atom. The van der Waals surface area contributed by atoms with Crippen molar-refractivity contribution in [2.24, 2.45) is 10.9 Å². The minimum absolute atomic E-state index is 0.273. The molecule has 0 bridgehead atoms. The van der Waals surface area contributed by atoms with Gasteiger partial charge in [0, 0.05) is 33.2 Å². The van der Waals surface area contributed by atoms with Gasteiger partial charge in [-0.1, -0.05) is 0 Å². The van der Waals surface area contributed by atoms with E-state index < -0.39 is 23.6 Å². The van der Waals surface area contributed by atoms with Crippen LogP contribution in [-0.2, 0) is 23.8 Å². The standard InChI is InChI=1S/C17H18N2O6/c1-17(2)24-15(20)13(16(21)25-17)10-19-12-5-4-11(9-18)14(8-12)23-7-6-22-3/h4-5,8,10,13H,6-7H2,1-3H3. The highest BCUT2D eigenvalue weighted by Crippen LogP contribution is 2.26. The summed E-state index contributed by atoms with van der Waals surface area (Å²) in [5.41, 5.74) is 0.755. The first-order valence-electron chi connectivity index (χ1n) is 7.52. The van der Waals surface area contributed by atoms with Crippen LogP contribution in [0.2, 0.25) is 0 Å². The zero-order valence-corrected chi connectivity index (χ0v) is 14.1. The van der Waals surface area contributed by atoms with Crippen LogP contribution in [0.4, 0.5) is 5.69 Å². The highest BCUT2D eigenvalue weighted by molar-refractivity contribution is 6.10. The fourth-order valence-electron chi connectivity index (χ4n) is 2.05. The molecule has 8 nitrogen and oxygen atoms in total. The van der Waals surface area contributed by atoms with E-state index in [2.05, 4.69) is 4.99 Å². The van der Waals surface area contributed by atoms with Gasteiger partial charge in [-0.2, -0.15) is 5.26 Å². The number of hydrogen-bond donors (Lipinski definition) is 0. The van der Waals surface area contributed by atoms with Crippen LogP contribution < -0.4 is 4.74 Å². The molecule has 0 unspecified atom stereocenters. The average Bonchev–Trinajstić information content (AvgIpc) is 2.53. The molecule has 2 rings (SSSR count). The van der Waals surface area contributed by atoms with Crippen LogP contribution in [0.3, 0.4) is 0 Å². The maximum Gasteiger partial charge on any atom is 0.329 e. The Labute approximate surface area is 145 Å². The lowest BCUT2D eigenvalue weighted by atomic mass is 10.1. The summed E-state index contributed by atoms with van der Waals surface area (Å²) >= 11 is 0. The predicted molar refractivity (Wildman–Crippen MR) is 86.4 cm³/mol. The predicted octanol–water partition coefficient (Wildman–Crippen LogP) is 1.74. The minimum Gasteiger partial charge on any atom is -0.490 e. The van der Waals surface area contributed by atoms with Crippen LogP contribution in [0.15, 0.2) is 23.2 Å². The Kier molecular flexibility index (Phi) is 5.72. The zero-order valence-electron chi connectivity index (χ0n) is 14.1. The Bertz CT molecular complexity index is 715. The first-order chi connectivity index (χ1) is 11.9. The maximum atomic E-state index is 11.9. The van der Waals surface area contributed by atoms with Crippen LogP contribution in [0.1, 0.15) is 19.4 Å². The number of nitrogens with zero attached hydrogens (tertiary/aromatic N) is 2. The molecule has 1 aliphatic heterocycles. The summed E-state index contributed by atoms with van der Waals surface area (Å²) in [5, 5.41) is 9.10. The number of aliphatic imine (C=N–C) groups is 1. The number of cyclic esters (lactones) is 2. The van der Waals surface area contributed by atoms with Gasteiger partial charge >= 0.3 is 11.9 Å². The van der Waals surface area contributed by atoms with Gasteiger partial charge in [-0.3, -0.25) is 14.6 Å². The molecule has 1 aromatic carbocycles. The van der Waals surface area contributed by atoms with E-state index in [-0.39, 0.29) is 6.61 Å². The number of ether oxygens (including phenoxy) is 4. The molecule has 0 N–H and O–H groups in total. The molecule has 1 fully saturated rings. The van der Waals surface area contributed by atoms with Crippen LogP contribution >= 0.6 is 0 Å². The summed E-state index contributed by atoms with van der Waals surface area (Å²) in [6.07, 6.45) is 1.15. The van der Waals surface area contributed by atoms with Gasteiger partial charge in [0.05, 0.1) is 17.9 Å². The van der Waals surface area contributed by atoms with Gasteiger partial charge in [0.15, 0.2) is 5.92 Å². The number of carbonyl (C=O) groups is 2. The molecule has 8 heteroatoms. The molecule has 0 amide bonds. The van der Waals surface area contributed by atoms with E-state index in [0.29, 0.717) is 23.6 Å². The number of carbonyl (C=O) groups excluding carboxylic acids is 2. The third-order valence-corrected chi connectivity index (χ3v) is 3.20. The molecule has 1 aromatic rings. The second-order valence-corrected chi connectivity index (χ2v) is 5.63. The molecule has 1 heterocycles. The second-order valence-electron chi connectivity index (χ2n) is 5.63. The number of rotatable bonds is 6. The van der Waals surface area contributed by atoms with E-state index in [0.717, 1.165) is 6.21 Å². The van der Waals surface area contributed by atoms with Crippen molar-refractivity contribution in [2.75, 3.05) is 20.3 Å². The average molecular weight is 346 g/mol. The highest BCUT2D eigenvalue weighted by Gasteiger charge is 2.42. The van der Waals surface area contributed by atoms with Crippen molar-refractivity contribution in [2.45, 2.75) is 19.6 Å². The SMILES string of the molecule is COCCOc1cc(N=CC2C(=O)OC(C)(C)OC2=O)ccc1C#N. The molecular formula is C17H18N2O6. The molecule has 0 saturated carbocycles. The first-order valence-corrected chi connectivity index (χ1v) is 7.52. The van der Waals surface area contributed by atoms with Gasteiger partial charge in [-0.05, 0) is 12.1 Å². The normalized spacial score (nSPS) is 17.0. The van der Waals surface area contributed by atoms with Gasteiger partial charge < -0.3 is 18.9 Å². The maximum absolute atomic E-state index is 11.9. The molecule has 0 atom stereocenters. The molecule has 0 aliphatic carbocycles. The van der Waals surface area contributed by atoms with Crippen LogP contribution in [-0.4, -0.2) is 44.3 Å². The Morgan fingerprint density at radius 2 is 1.96 bits per heavy atom. The van der Waals surface area contributed by atoms with E-state index in [1.165, 1.54) is 26.0 Å². The quantitative estimate of drug-likeness (QED) is 0.334. The first kappa shape index (κ1) is 18.4. The summed E-state index contributed by atoms with van der Waals surface area (Å²) in [6, 6.07) is 6.66. The van der Waals surface area contributed by atoms with Gasteiger partial charge in [0.25, 0.3) is 5.79 Å². The van der Waals surface area contributed by atoms with Gasteiger partial charge in [0.2, 0.25) is 0 Å². The molecule has 132 valence electrons. The van der Waals surface area contributed by atoms with E-state index in [1.54, 1.807) is 13.2 Å². The van der Waals surface area contributed by atoms with E-state index in [9.17, 15) is 9.59 Å². The summed E-state index contributed by atoms with van der Waals surface area (Å²) in [6.45, 7) is 3.59. The van der Waals surface area contributed by atoms with Crippen molar-refractivity contribution in [3.63, 3.8) is 0 Å². The van der Waals surface area contributed by atoms with Gasteiger partial charge in [-0.25, -0.2) is 0 Å². The molecular weight excluding hydrogens is 328 g/mol. The van der Waals surface area contributed by atoms with Crippen LogP contribution in [0, 0.1) is 17.2 Å². The Morgan fingerprint density at radius 1 is 1.28 bits per heavy atom. The summed E-state index contributed by atoms with van der Waals surface area (Å²) < 4.78 is 20.4. The van der Waals surface area contributed by atoms with E-state index in [1.807, 2.05) is 6.07 Å². The second kappa shape index (κ2) is 7.77. The third kappa shape index (κ3) is 4.78. The molecule has 25 heavy (non-hydrogen) atoms. The fourth-order valence-corrected chi connectivity index (χ4v) is 2.05. The minimum atomic E-state index is -1.28. The van der Waals surface area contributed by atoms with Gasteiger partial charge in [-0.15, -0.1) is 0 Å². The molecule has 0 radical (unpaired) electrons. The summed E-state index contributed by atoms with van der Waals surface area (Å²) in [7, 11) is 1.54. The number of benzene rings is 1. The Balaban J connectivity index is 2.15. The third-order valence-electron chi connectivity index (χ3n) is 3.20. The smallest absolute Gasteiger partial charge is 0.329 e. The highest BCUT2D eigenvalue weighted by atomic mass is 16.7. The van der Waals surface area contributed by atoms with Crippen molar-refractivity contribution in [3.05, 3.63) is 23.8 Å². The molecule has 0 spiro atoms. The van der Waals surface area contributed by atoms with Crippen molar-refractivity contribution >= 4 is 23.8 Å². The van der Waals surface area contributed by atoms with Crippen molar-refractivity contribution in [1.29, 1.82) is 5.26 Å². The van der Waals surface area contributed by atoms with Crippen LogP contribution in [0.5, 0.6) is 5.75 Å². The lowest BCUT2D eigenvalue weighted by molar-refractivity contribution is -0.235. The monoisotopic (exact) mass is 346 g/mol. The number of methoxy groups -OCH3 is 1. The number of hydrogen-bond acceptors (Lipinski definition) is 8. The van der Waals surface area contributed by atoms with Crippen molar-refractivity contribution < 1.29 is 28.5 Å². The van der Waals surface area contributed by atoms with Crippen LogP contribution in [0.25, 0.3) is 0 Å². The van der Waals surface area contributed by atoms with Gasteiger partial charge in [0.1, 0.15) is 18.4 Å². The lowest BCUT2D eigenvalue weighted by Gasteiger charge is -2.31. The molecule has 1 aliphatic rings. The van der Waals surface area contributed by atoms with Crippen molar-refractivity contribution in [3.8, 4) is 11.8 Å². The fraction of sp³-hybridized carbons (Fsp3) is 0.412. The van der Waals surface area contributed by atoms with Crippen molar-refractivity contribution in [1.82, 2.24) is 0 Å². The molecule has 0 aromatic heterocycles. The van der Waals surface area contributed by atoms with E-state index >= 15 is 0 Å². The topological polar surface area (TPSA) is 107 Å². The summed E-state index contributed by atoms with van der Waals surface area (Å²) in [5.74, 6) is -3.63. The largest absolute Gasteiger partial charge is 0.490 e.